The number of carbonyl (C=O) groups is 4. The van der Waals surface area contributed by atoms with Gasteiger partial charge in [0.15, 0.2) is 6.61 Å². The van der Waals surface area contributed by atoms with Crippen LogP contribution in [0.1, 0.15) is 36.5 Å². The summed E-state index contributed by atoms with van der Waals surface area (Å²) in [6.45, 7) is 1.82. The molecule has 0 aromatic heterocycles. The Kier molecular flexibility index (Phi) is 8.89. The molecule has 0 saturated heterocycles. The molecule has 0 aliphatic carbocycles. The molecule has 0 radical (unpaired) electrons. The van der Waals surface area contributed by atoms with Gasteiger partial charge in [-0.15, -0.1) is 0 Å². The molecular formula is C17H20N4O5. The molecule has 138 valence electrons. The summed E-state index contributed by atoms with van der Waals surface area (Å²) in [5.41, 5.74) is 0.590. The van der Waals surface area contributed by atoms with Gasteiger partial charge in [-0.05, 0) is 30.7 Å². The molecule has 0 bridgehead atoms. The lowest BCUT2D eigenvalue weighted by Gasteiger charge is -2.08. The number of nitrogens with zero attached hydrogens (tertiary/aromatic N) is 1. The molecule has 0 aliphatic heterocycles. The fourth-order valence-electron chi connectivity index (χ4n) is 1.77. The lowest BCUT2D eigenvalue weighted by molar-refractivity contribution is -0.123. The first kappa shape index (κ1) is 20.6. The maximum absolute atomic E-state index is 11.8. The maximum atomic E-state index is 11.8. The highest BCUT2D eigenvalue weighted by Gasteiger charge is 2.12. The number of anilines is 1. The van der Waals surface area contributed by atoms with Crippen molar-refractivity contribution in [3.05, 3.63) is 29.8 Å². The van der Waals surface area contributed by atoms with Gasteiger partial charge in [0.2, 0.25) is 5.91 Å². The first-order valence-corrected chi connectivity index (χ1v) is 7.98. The van der Waals surface area contributed by atoms with Crippen LogP contribution >= 0.6 is 0 Å². The Labute approximate surface area is 150 Å². The highest BCUT2D eigenvalue weighted by atomic mass is 16.5. The molecular weight excluding hydrogens is 340 g/mol. The zero-order valence-corrected chi connectivity index (χ0v) is 14.3. The number of unbranched alkanes of at least 4 members (excludes halogenated alkanes) is 1. The number of benzene rings is 1. The Morgan fingerprint density at radius 1 is 1.12 bits per heavy atom. The van der Waals surface area contributed by atoms with Crippen molar-refractivity contribution < 1.29 is 23.9 Å². The largest absolute Gasteiger partial charge is 0.452 e. The average molecular weight is 360 g/mol. The van der Waals surface area contributed by atoms with Crippen LogP contribution in [0.2, 0.25) is 0 Å². The molecule has 26 heavy (non-hydrogen) atoms. The Hall–Kier alpha value is -3.41. The highest BCUT2D eigenvalue weighted by molar-refractivity contribution is 5.97. The normalized spacial score (nSPS) is 9.54. The number of urea groups is 1. The highest BCUT2D eigenvalue weighted by Crippen LogP contribution is 2.10. The van der Waals surface area contributed by atoms with Crippen LogP contribution in [0.4, 0.5) is 10.5 Å². The minimum Gasteiger partial charge on any atom is -0.452 e. The summed E-state index contributed by atoms with van der Waals surface area (Å²) in [7, 11) is 0. The number of carbonyl (C=O) groups excluding carboxylic acids is 4. The Balaban J connectivity index is 2.40. The molecule has 0 spiro atoms. The third-order valence-corrected chi connectivity index (χ3v) is 3.05. The van der Waals surface area contributed by atoms with Crippen molar-refractivity contribution in [2.24, 2.45) is 0 Å². The predicted molar refractivity (Wildman–Crippen MR) is 92.0 cm³/mol. The van der Waals surface area contributed by atoms with Gasteiger partial charge in [-0.25, -0.2) is 9.59 Å². The molecule has 9 heteroatoms. The number of nitriles is 1. The van der Waals surface area contributed by atoms with Gasteiger partial charge in [0.1, 0.15) is 6.42 Å². The number of esters is 1. The van der Waals surface area contributed by atoms with E-state index in [-0.39, 0.29) is 12.0 Å². The second-order valence-corrected chi connectivity index (χ2v) is 5.19. The monoisotopic (exact) mass is 360 g/mol. The van der Waals surface area contributed by atoms with Gasteiger partial charge in [-0.2, -0.15) is 5.26 Å². The van der Waals surface area contributed by atoms with Gasteiger partial charge < -0.3 is 15.4 Å². The van der Waals surface area contributed by atoms with Crippen LogP contribution in [0.5, 0.6) is 0 Å². The van der Waals surface area contributed by atoms with Crippen LogP contribution < -0.4 is 16.0 Å². The van der Waals surface area contributed by atoms with Gasteiger partial charge in [-0.3, -0.25) is 14.9 Å². The van der Waals surface area contributed by atoms with Crippen molar-refractivity contribution in [2.45, 2.75) is 26.2 Å². The summed E-state index contributed by atoms with van der Waals surface area (Å²) in [6, 6.07) is 6.81. The van der Waals surface area contributed by atoms with Crippen LogP contribution in [-0.4, -0.2) is 37.0 Å². The van der Waals surface area contributed by atoms with Crippen LogP contribution in [0.3, 0.4) is 0 Å². The summed E-state index contributed by atoms with van der Waals surface area (Å²) in [5.74, 6) is -1.95. The summed E-state index contributed by atoms with van der Waals surface area (Å²) >= 11 is 0. The quantitative estimate of drug-likeness (QED) is 0.472. The SMILES string of the molecule is CCCCNC(=O)NC(=O)COC(=O)c1ccc(NC(=O)CC#N)cc1. The standard InChI is InChI=1S/C17H20N4O5/c1-2-3-10-19-17(25)21-15(23)11-26-16(24)12-4-6-13(7-5-12)20-14(22)8-9-18/h4-7H,2-3,8,10-11H2,1H3,(H,20,22)(H2,19,21,23,25). The summed E-state index contributed by atoms with van der Waals surface area (Å²) in [6.07, 6.45) is 1.43. The van der Waals surface area contributed by atoms with Crippen molar-refractivity contribution in [1.82, 2.24) is 10.6 Å². The first-order chi connectivity index (χ1) is 12.5. The van der Waals surface area contributed by atoms with Crippen LogP contribution in [-0.2, 0) is 14.3 Å². The third kappa shape index (κ3) is 7.92. The summed E-state index contributed by atoms with van der Waals surface area (Å²) < 4.78 is 4.81. The van der Waals surface area contributed by atoms with Crippen molar-refractivity contribution >= 4 is 29.5 Å². The van der Waals surface area contributed by atoms with E-state index in [2.05, 4.69) is 10.6 Å². The topological polar surface area (TPSA) is 137 Å². The second-order valence-electron chi connectivity index (χ2n) is 5.19. The number of rotatable bonds is 8. The molecule has 0 atom stereocenters. The fourth-order valence-corrected chi connectivity index (χ4v) is 1.77. The lowest BCUT2D eigenvalue weighted by Crippen LogP contribution is -2.41. The Morgan fingerprint density at radius 2 is 1.81 bits per heavy atom. The van der Waals surface area contributed by atoms with Gasteiger partial charge in [0.05, 0.1) is 11.6 Å². The lowest BCUT2D eigenvalue weighted by atomic mass is 10.2. The Bertz CT molecular complexity index is 694. The van der Waals surface area contributed by atoms with Crippen molar-refractivity contribution in [1.29, 1.82) is 5.26 Å². The smallest absolute Gasteiger partial charge is 0.338 e. The number of ether oxygens (including phenoxy) is 1. The van der Waals surface area contributed by atoms with Crippen LogP contribution in [0, 0.1) is 11.3 Å². The van der Waals surface area contributed by atoms with E-state index in [4.69, 9.17) is 10.00 Å². The van der Waals surface area contributed by atoms with Crippen LogP contribution in [0.25, 0.3) is 0 Å². The van der Waals surface area contributed by atoms with Gasteiger partial charge >= 0.3 is 12.0 Å². The minimum absolute atomic E-state index is 0.170. The number of hydrogen-bond acceptors (Lipinski definition) is 6. The van der Waals surface area contributed by atoms with E-state index in [1.165, 1.54) is 24.3 Å². The molecule has 0 fully saturated rings. The third-order valence-electron chi connectivity index (χ3n) is 3.05. The van der Waals surface area contributed by atoms with E-state index in [0.29, 0.717) is 12.2 Å². The van der Waals surface area contributed by atoms with E-state index >= 15 is 0 Å². The molecule has 1 rings (SSSR count). The average Bonchev–Trinajstić information content (AvgIpc) is 2.60. The van der Waals surface area contributed by atoms with Gasteiger partial charge in [-0.1, -0.05) is 13.3 Å². The Morgan fingerprint density at radius 3 is 2.42 bits per heavy atom. The van der Waals surface area contributed by atoms with Gasteiger partial charge in [0.25, 0.3) is 5.91 Å². The molecule has 0 aliphatic rings. The number of amides is 4. The molecule has 1 aromatic carbocycles. The zero-order chi connectivity index (χ0) is 19.4. The summed E-state index contributed by atoms with van der Waals surface area (Å²) in [5, 5.41) is 15.4. The summed E-state index contributed by atoms with van der Waals surface area (Å²) in [4.78, 5) is 46.0. The van der Waals surface area contributed by atoms with Crippen molar-refractivity contribution in [3.63, 3.8) is 0 Å². The molecule has 0 saturated carbocycles. The number of nitrogens with one attached hydrogen (secondary N) is 3. The predicted octanol–water partition coefficient (Wildman–Crippen LogP) is 1.32. The van der Waals surface area contributed by atoms with Gasteiger partial charge in [0, 0.05) is 12.2 Å². The molecule has 0 unspecified atom stereocenters. The zero-order valence-electron chi connectivity index (χ0n) is 14.3. The molecule has 9 nitrogen and oxygen atoms in total. The molecule has 1 aromatic rings. The maximum Gasteiger partial charge on any atom is 0.338 e. The second kappa shape index (κ2) is 11.2. The number of imide groups is 1. The number of hydrogen-bond donors (Lipinski definition) is 3. The van der Waals surface area contributed by atoms with E-state index < -0.39 is 30.4 Å². The first-order valence-electron chi connectivity index (χ1n) is 7.98. The molecule has 4 amide bonds. The van der Waals surface area contributed by atoms with Crippen molar-refractivity contribution in [3.8, 4) is 6.07 Å². The van der Waals surface area contributed by atoms with E-state index in [1.807, 2.05) is 12.2 Å². The minimum atomic E-state index is -0.749. The van der Waals surface area contributed by atoms with Crippen molar-refractivity contribution in [2.75, 3.05) is 18.5 Å². The van der Waals surface area contributed by atoms with E-state index in [1.54, 1.807) is 6.07 Å². The molecule has 3 N–H and O–H groups in total. The molecule has 0 heterocycles. The van der Waals surface area contributed by atoms with E-state index in [9.17, 15) is 19.2 Å². The fraction of sp³-hybridized carbons (Fsp3) is 0.353. The van der Waals surface area contributed by atoms with E-state index in [0.717, 1.165) is 12.8 Å². The van der Waals surface area contributed by atoms with Crippen LogP contribution in [0.15, 0.2) is 24.3 Å².